The van der Waals surface area contributed by atoms with E-state index < -0.39 is 0 Å². The molecular formula is C10H18N4O. The Morgan fingerprint density at radius 2 is 2.33 bits per heavy atom. The van der Waals surface area contributed by atoms with Gasteiger partial charge in [0.25, 0.3) is 0 Å². The molecule has 0 spiro atoms. The van der Waals surface area contributed by atoms with Crippen LogP contribution in [-0.2, 0) is 6.54 Å². The third-order valence-electron chi connectivity index (χ3n) is 2.85. The fraction of sp³-hybridized carbons (Fsp3) is 0.800. The van der Waals surface area contributed by atoms with Crippen molar-refractivity contribution in [3.8, 4) is 0 Å². The van der Waals surface area contributed by atoms with Crippen LogP contribution < -0.4 is 5.32 Å². The maximum atomic E-state index is 4.71. The number of nitrogens with one attached hydrogen (secondary N) is 1. The molecule has 0 aliphatic carbocycles. The quantitative estimate of drug-likeness (QED) is 0.784. The highest BCUT2D eigenvalue weighted by Gasteiger charge is 2.15. The number of hydrogen-bond donors (Lipinski definition) is 1. The summed E-state index contributed by atoms with van der Waals surface area (Å²) in [4.78, 5) is 6.28. The fourth-order valence-corrected chi connectivity index (χ4v) is 2.07. The van der Waals surface area contributed by atoms with Crippen molar-refractivity contribution in [2.75, 3.05) is 26.7 Å². The molecule has 2 heterocycles. The third kappa shape index (κ3) is 3.28. The Kier molecular flexibility index (Phi) is 3.69. The number of aromatic nitrogens is 2. The van der Waals surface area contributed by atoms with Crippen LogP contribution in [0.2, 0.25) is 0 Å². The topological polar surface area (TPSA) is 54.2 Å². The van der Waals surface area contributed by atoms with E-state index in [1.54, 1.807) is 0 Å². The van der Waals surface area contributed by atoms with Gasteiger partial charge in [0.05, 0.1) is 6.54 Å². The molecular weight excluding hydrogens is 192 g/mol. The summed E-state index contributed by atoms with van der Waals surface area (Å²) in [6.07, 6.45) is 3.93. The lowest BCUT2D eigenvalue weighted by molar-refractivity contribution is 0.228. The van der Waals surface area contributed by atoms with Gasteiger partial charge in [-0.05, 0) is 38.9 Å². The molecule has 5 heteroatoms. The van der Waals surface area contributed by atoms with E-state index in [1.165, 1.54) is 19.2 Å². The highest BCUT2D eigenvalue weighted by atomic mass is 16.5. The first-order valence-corrected chi connectivity index (χ1v) is 5.49. The van der Waals surface area contributed by atoms with Gasteiger partial charge in [-0.15, -0.1) is 0 Å². The van der Waals surface area contributed by atoms with Gasteiger partial charge in [-0.25, -0.2) is 0 Å². The van der Waals surface area contributed by atoms with Crippen molar-refractivity contribution in [3.63, 3.8) is 0 Å². The van der Waals surface area contributed by atoms with E-state index >= 15 is 0 Å². The lowest BCUT2D eigenvalue weighted by Gasteiger charge is -2.26. The predicted octanol–water partition coefficient (Wildman–Crippen LogP) is 0.501. The Morgan fingerprint density at radius 1 is 1.53 bits per heavy atom. The molecule has 1 N–H and O–H groups in total. The highest BCUT2D eigenvalue weighted by Crippen LogP contribution is 2.13. The summed E-state index contributed by atoms with van der Waals surface area (Å²) in [6, 6.07) is 0. The molecule has 0 atom stereocenters. The van der Waals surface area contributed by atoms with Crippen molar-refractivity contribution in [1.82, 2.24) is 20.4 Å². The molecule has 1 aromatic rings. The molecule has 2 rings (SSSR count). The van der Waals surface area contributed by atoms with Gasteiger partial charge in [0.2, 0.25) is 6.39 Å². The molecule has 0 aromatic carbocycles. The first-order chi connectivity index (χ1) is 7.34. The summed E-state index contributed by atoms with van der Waals surface area (Å²) in [5.41, 5.74) is 0. The SMILES string of the molecule is CN(Cc1ncon1)CC1CCNCC1. The zero-order chi connectivity index (χ0) is 10.5. The minimum Gasteiger partial charge on any atom is -0.343 e. The monoisotopic (exact) mass is 210 g/mol. The van der Waals surface area contributed by atoms with Gasteiger partial charge >= 0.3 is 0 Å². The molecule has 15 heavy (non-hydrogen) atoms. The summed E-state index contributed by atoms with van der Waals surface area (Å²) >= 11 is 0. The molecule has 1 fully saturated rings. The van der Waals surface area contributed by atoms with Crippen molar-refractivity contribution in [2.24, 2.45) is 5.92 Å². The molecule has 0 unspecified atom stereocenters. The Hall–Kier alpha value is -0.940. The van der Waals surface area contributed by atoms with Crippen molar-refractivity contribution in [3.05, 3.63) is 12.2 Å². The normalized spacial score (nSPS) is 18.5. The van der Waals surface area contributed by atoms with E-state index in [2.05, 4.69) is 27.4 Å². The van der Waals surface area contributed by atoms with E-state index in [-0.39, 0.29) is 0 Å². The smallest absolute Gasteiger partial charge is 0.213 e. The summed E-state index contributed by atoms with van der Waals surface area (Å²) < 4.78 is 4.71. The third-order valence-corrected chi connectivity index (χ3v) is 2.85. The van der Waals surface area contributed by atoms with E-state index in [9.17, 15) is 0 Å². The summed E-state index contributed by atoms with van der Waals surface area (Å²) in [5, 5.41) is 7.18. The second kappa shape index (κ2) is 5.23. The summed E-state index contributed by atoms with van der Waals surface area (Å²) in [7, 11) is 2.11. The standard InChI is InChI=1S/C10H18N4O/c1-14(7-10-12-8-15-13-10)6-9-2-4-11-5-3-9/h8-9,11H,2-7H2,1H3. The molecule has 84 valence electrons. The molecule has 0 bridgehead atoms. The maximum absolute atomic E-state index is 4.71. The molecule has 0 saturated carbocycles. The van der Waals surface area contributed by atoms with Crippen LogP contribution in [0.25, 0.3) is 0 Å². The predicted molar refractivity (Wildman–Crippen MR) is 56.2 cm³/mol. The van der Waals surface area contributed by atoms with Crippen molar-refractivity contribution in [1.29, 1.82) is 0 Å². The first kappa shape index (κ1) is 10.6. The van der Waals surface area contributed by atoms with Gasteiger partial charge in [0.15, 0.2) is 5.82 Å². The van der Waals surface area contributed by atoms with Crippen molar-refractivity contribution < 1.29 is 4.52 Å². The van der Waals surface area contributed by atoms with Crippen LogP contribution >= 0.6 is 0 Å². The molecule has 1 saturated heterocycles. The highest BCUT2D eigenvalue weighted by molar-refractivity contribution is 4.78. The minimum atomic E-state index is 0.770. The number of rotatable bonds is 4. The van der Waals surface area contributed by atoms with Crippen LogP contribution in [-0.4, -0.2) is 41.7 Å². The number of piperidine rings is 1. The Bertz CT molecular complexity index is 269. The maximum Gasteiger partial charge on any atom is 0.213 e. The van der Waals surface area contributed by atoms with Crippen LogP contribution in [0.4, 0.5) is 0 Å². The molecule has 1 aliphatic rings. The molecule has 0 amide bonds. The van der Waals surface area contributed by atoms with Gasteiger partial charge < -0.3 is 9.84 Å². The zero-order valence-electron chi connectivity index (χ0n) is 9.15. The Balaban J connectivity index is 1.74. The molecule has 1 aliphatic heterocycles. The minimum absolute atomic E-state index is 0.770. The first-order valence-electron chi connectivity index (χ1n) is 5.49. The van der Waals surface area contributed by atoms with E-state index in [4.69, 9.17) is 4.52 Å². The van der Waals surface area contributed by atoms with Gasteiger partial charge in [0.1, 0.15) is 0 Å². The van der Waals surface area contributed by atoms with Gasteiger partial charge in [0, 0.05) is 6.54 Å². The van der Waals surface area contributed by atoms with Crippen molar-refractivity contribution in [2.45, 2.75) is 19.4 Å². The Morgan fingerprint density at radius 3 is 3.00 bits per heavy atom. The van der Waals surface area contributed by atoms with Crippen LogP contribution in [0.1, 0.15) is 18.7 Å². The zero-order valence-corrected chi connectivity index (χ0v) is 9.15. The van der Waals surface area contributed by atoms with Crippen molar-refractivity contribution >= 4 is 0 Å². The molecule has 5 nitrogen and oxygen atoms in total. The van der Waals surface area contributed by atoms with Gasteiger partial charge in [-0.1, -0.05) is 5.16 Å². The second-order valence-corrected chi connectivity index (χ2v) is 4.24. The Labute approximate surface area is 89.8 Å². The molecule has 1 aromatic heterocycles. The van der Waals surface area contributed by atoms with Crippen LogP contribution in [0, 0.1) is 5.92 Å². The number of nitrogens with zero attached hydrogens (tertiary/aromatic N) is 3. The average molecular weight is 210 g/mol. The molecule has 0 radical (unpaired) electrons. The summed E-state index contributed by atoms with van der Waals surface area (Å²) in [6.45, 7) is 4.21. The van der Waals surface area contributed by atoms with Crippen LogP contribution in [0.3, 0.4) is 0 Å². The fourth-order valence-electron chi connectivity index (χ4n) is 2.07. The summed E-state index contributed by atoms with van der Waals surface area (Å²) in [5.74, 6) is 1.58. The second-order valence-electron chi connectivity index (χ2n) is 4.24. The van der Waals surface area contributed by atoms with Gasteiger partial charge in [-0.2, -0.15) is 4.98 Å². The van der Waals surface area contributed by atoms with Crippen LogP contribution in [0.5, 0.6) is 0 Å². The van der Waals surface area contributed by atoms with Gasteiger partial charge in [-0.3, -0.25) is 4.90 Å². The van der Waals surface area contributed by atoms with E-state index in [0.717, 1.165) is 37.9 Å². The van der Waals surface area contributed by atoms with E-state index in [0.29, 0.717) is 0 Å². The van der Waals surface area contributed by atoms with Crippen LogP contribution in [0.15, 0.2) is 10.9 Å². The average Bonchev–Trinajstić information content (AvgIpc) is 2.71. The lowest BCUT2D eigenvalue weighted by Crippen LogP contribution is -2.34. The lowest BCUT2D eigenvalue weighted by atomic mass is 9.98. The number of hydrogen-bond acceptors (Lipinski definition) is 5. The largest absolute Gasteiger partial charge is 0.343 e. The van der Waals surface area contributed by atoms with E-state index in [1.807, 2.05) is 0 Å².